The minimum Gasteiger partial charge on any atom is -0.481 e. The van der Waals surface area contributed by atoms with Crippen molar-refractivity contribution in [1.29, 1.82) is 0 Å². The van der Waals surface area contributed by atoms with E-state index in [0.29, 0.717) is 12.0 Å². The minimum absolute atomic E-state index is 0.0753. The van der Waals surface area contributed by atoms with Crippen LogP contribution in [0, 0.1) is 5.82 Å². The van der Waals surface area contributed by atoms with Crippen LogP contribution in [0.25, 0.3) is 0 Å². The van der Waals surface area contributed by atoms with Gasteiger partial charge in [0, 0.05) is 31.7 Å². The molecule has 1 aromatic carbocycles. The summed E-state index contributed by atoms with van der Waals surface area (Å²) >= 11 is 0. The van der Waals surface area contributed by atoms with E-state index in [4.69, 9.17) is 0 Å². The van der Waals surface area contributed by atoms with E-state index in [1.165, 1.54) is 6.07 Å². The minimum atomic E-state index is -0.890. The number of hydrogen-bond acceptors (Lipinski definition) is 3. The fourth-order valence-corrected chi connectivity index (χ4v) is 3.24. The monoisotopic (exact) mass is 294 g/mol. The number of hydrogen-bond donors (Lipinski definition) is 1. The fourth-order valence-electron chi connectivity index (χ4n) is 3.24. The number of rotatable bonds is 5. The number of aliphatic carboxylic acids is 1. The third-order valence-electron chi connectivity index (χ3n) is 4.51. The molecule has 4 nitrogen and oxygen atoms in total. The molecule has 0 saturated carbocycles. The number of halogens is 1. The van der Waals surface area contributed by atoms with E-state index >= 15 is 0 Å². The van der Waals surface area contributed by atoms with Crippen molar-refractivity contribution in [3.63, 3.8) is 0 Å². The third-order valence-corrected chi connectivity index (χ3v) is 4.51. The van der Waals surface area contributed by atoms with Crippen LogP contribution in [0.1, 0.15) is 25.3 Å². The molecule has 0 spiro atoms. The lowest BCUT2D eigenvalue weighted by Crippen LogP contribution is -2.55. The lowest BCUT2D eigenvalue weighted by Gasteiger charge is -2.47. The van der Waals surface area contributed by atoms with E-state index in [1.54, 1.807) is 18.2 Å². The first-order valence-electron chi connectivity index (χ1n) is 7.40. The Morgan fingerprint density at radius 3 is 2.43 bits per heavy atom. The zero-order valence-electron chi connectivity index (χ0n) is 12.7. The quantitative estimate of drug-likeness (QED) is 0.904. The van der Waals surface area contributed by atoms with E-state index < -0.39 is 11.5 Å². The van der Waals surface area contributed by atoms with Gasteiger partial charge in [-0.2, -0.15) is 0 Å². The molecular formula is C16H23FN2O2. The molecule has 1 unspecified atom stereocenters. The van der Waals surface area contributed by atoms with Crippen molar-refractivity contribution in [2.75, 3.05) is 33.2 Å². The van der Waals surface area contributed by atoms with E-state index in [0.717, 1.165) is 26.2 Å². The SMILES string of the molecule is CCC(CC(=O)O)(c1ccccc1F)N1CCN(C)CC1. The van der Waals surface area contributed by atoms with Gasteiger partial charge in [0.25, 0.3) is 0 Å². The molecule has 21 heavy (non-hydrogen) atoms. The molecule has 0 aromatic heterocycles. The molecule has 0 aliphatic carbocycles. The molecule has 1 saturated heterocycles. The zero-order chi connectivity index (χ0) is 15.5. The molecule has 1 heterocycles. The van der Waals surface area contributed by atoms with Gasteiger partial charge in [-0.3, -0.25) is 9.69 Å². The maximum Gasteiger partial charge on any atom is 0.305 e. The molecule has 5 heteroatoms. The molecule has 1 aliphatic rings. The van der Waals surface area contributed by atoms with Crippen LogP contribution < -0.4 is 0 Å². The van der Waals surface area contributed by atoms with Crippen LogP contribution in [0.15, 0.2) is 24.3 Å². The van der Waals surface area contributed by atoms with Crippen molar-refractivity contribution in [3.05, 3.63) is 35.6 Å². The molecule has 1 N–H and O–H groups in total. The first-order chi connectivity index (χ1) is 9.99. The van der Waals surface area contributed by atoms with Crippen LogP contribution in [-0.4, -0.2) is 54.1 Å². The molecule has 1 aromatic rings. The summed E-state index contributed by atoms with van der Waals surface area (Å²) in [5.74, 6) is -1.21. The molecular weight excluding hydrogens is 271 g/mol. The number of nitrogens with zero attached hydrogens (tertiary/aromatic N) is 2. The second-order valence-electron chi connectivity index (χ2n) is 5.73. The first-order valence-corrected chi connectivity index (χ1v) is 7.40. The predicted octanol–water partition coefficient (Wildman–Crippen LogP) is 2.15. The van der Waals surface area contributed by atoms with E-state index in [1.807, 2.05) is 14.0 Å². The Morgan fingerprint density at radius 2 is 1.90 bits per heavy atom. The van der Waals surface area contributed by atoms with Crippen molar-refractivity contribution >= 4 is 5.97 Å². The zero-order valence-corrected chi connectivity index (χ0v) is 12.7. The highest BCUT2D eigenvalue weighted by atomic mass is 19.1. The largest absolute Gasteiger partial charge is 0.481 e. The van der Waals surface area contributed by atoms with Gasteiger partial charge in [-0.05, 0) is 19.5 Å². The molecule has 0 bridgehead atoms. The number of carbonyl (C=O) groups is 1. The standard InChI is InChI=1S/C16H23FN2O2/c1-3-16(12-15(20)21,13-6-4-5-7-14(13)17)19-10-8-18(2)9-11-19/h4-7H,3,8-12H2,1-2H3,(H,20,21). The molecule has 0 amide bonds. The normalized spacial score (nSPS) is 20.1. The number of carboxylic acid groups (broad SMARTS) is 1. The molecule has 1 fully saturated rings. The van der Waals surface area contributed by atoms with Crippen molar-refractivity contribution in [2.45, 2.75) is 25.3 Å². The van der Waals surface area contributed by atoms with Crippen molar-refractivity contribution in [3.8, 4) is 0 Å². The van der Waals surface area contributed by atoms with Crippen molar-refractivity contribution in [2.24, 2.45) is 0 Å². The van der Waals surface area contributed by atoms with Gasteiger partial charge in [-0.15, -0.1) is 0 Å². The van der Waals surface area contributed by atoms with Gasteiger partial charge >= 0.3 is 5.97 Å². The van der Waals surface area contributed by atoms with Crippen LogP contribution in [0.2, 0.25) is 0 Å². The van der Waals surface area contributed by atoms with Crippen LogP contribution in [0.5, 0.6) is 0 Å². The Labute approximate surface area is 125 Å². The second kappa shape index (κ2) is 6.54. The second-order valence-corrected chi connectivity index (χ2v) is 5.73. The summed E-state index contributed by atoms with van der Waals surface area (Å²) in [7, 11) is 2.05. The number of piperazine rings is 1. The smallest absolute Gasteiger partial charge is 0.305 e. The van der Waals surface area contributed by atoms with Gasteiger partial charge in [0.15, 0.2) is 0 Å². The van der Waals surface area contributed by atoms with E-state index in [2.05, 4.69) is 9.80 Å². The van der Waals surface area contributed by atoms with E-state index in [-0.39, 0.29) is 12.2 Å². The van der Waals surface area contributed by atoms with Gasteiger partial charge in [0.2, 0.25) is 0 Å². The van der Waals surface area contributed by atoms with Gasteiger partial charge in [0.05, 0.1) is 12.0 Å². The van der Waals surface area contributed by atoms with Crippen molar-refractivity contribution < 1.29 is 14.3 Å². The molecule has 2 rings (SSSR count). The maximum atomic E-state index is 14.3. The molecule has 0 radical (unpaired) electrons. The van der Waals surface area contributed by atoms with Crippen molar-refractivity contribution in [1.82, 2.24) is 9.80 Å². The third kappa shape index (κ3) is 3.24. The number of benzene rings is 1. The van der Waals surface area contributed by atoms with Crippen LogP contribution >= 0.6 is 0 Å². The Kier molecular flexibility index (Phi) is 4.96. The predicted molar refractivity (Wildman–Crippen MR) is 79.7 cm³/mol. The average Bonchev–Trinajstić information content (AvgIpc) is 2.46. The Bertz CT molecular complexity index is 501. The lowest BCUT2D eigenvalue weighted by molar-refractivity contribution is -0.141. The lowest BCUT2D eigenvalue weighted by atomic mass is 9.81. The van der Waals surface area contributed by atoms with Gasteiger partial charge < -0.3 is 10.0 Å². The Hall–Kier alpha value is -1.46. The summed E-state index contributed by atoms with van der Waals surface area (Å²) in [4.78, 5) is 15.8. The molecule has 116 valence electrons. The summed E-state index contributed by atoms with van der Waals surface area (Å²) < 4.78 is 14.3. The topological polar surface area (TPSA) is 43.8 Å². The highest BCUT2D eigenvalue weighted by Crippen LogP contribution is 2.37. The van der Waals surface area contributed by atoms with Gasteiger partial charge in [-0.25, -0.2) is 4.39 Å². The maximum absolute atomic E-state index is 14.3. The summed E-state index contributed by atoms with van der Waals surface area (Å²) in [6.45, 7) is 5.19. The average molecular weight is 294 g/mol. The van der Waals surface area contributed by atoms with Gasteiger partial charge in [0.1, 0.15) is 5.82 Å². The molecule has 1 aliphatic heterocycles. The van der Waals surface area contributed by atoms with E-state index in [9.17, 15) is 14.3 Å². The summed E-state index contributed by atoms with van der Waals surface area (Å²) in [5.41, 5.74) is -0.266. The highest BCUT2D eigenvalue weighted by molar-refractivity contribution is 5.69. The number of likely N-dealkylation sites (N-methyl/N-ethyl adjacent to an activating group) is 1. The highest BCUT2D eigenvalue weighted by Gasteiger charge is 2.41. The van der Waals surface area contributed by atoms with Crippen LogP contribution in [0.3, 0.4) is 0 Å². The fraction of sp³-hybridized carbons (Fsp3) is 0.562. The Balaban J connectivity index is 2.43. The first kappa shape index (κ1) is 15.9. The summed E-state index contributed by atoms with van der Waals surface area (Å²) in [6, 6.07) is 6.56. The van der Waals surface area contributed by atoms with Gasteiger partial charge in [-0.1, -0.05) is 25.1 Å². The molecule has 1 atom stereocenters. The van der Waals surface area contributed by atoms with Crippen LogP contribution in [0.4, 0.5) is 4.39 Å². The summed E-state index contributed by atoms with van der Waals surface area (Å²) in [6.07, 6.45) is 0.498. The summed E-state index contributed by atoms with van der Waals surface area (Å²) in [5, 5.41) is 9.36. The number of carboxylic acids is 1. The van der Waals surface area contributed by atoms with Crippen LogP contribution in [-0.2, 0) is 10.3 Å². The Morgan fingerprint density at radius 1 is 1.29 bits per heavy atom.